The van der Waals surface area contributed by atoms with E-state index in [9.17, 15) is 19.5 Å². The first-order valence-electron chi connectivity index (χ1n) is 11.1. The van der Waals surface area contributed by atoms with Gasteiger partial charge in [-0.1, -0.05) is 30.3 Å². The third-order valence-corrected chi connectivity index (χ3v) is 7.01. The summed E-state index contributed by atoms with van der Waals surface area (Å²) in [7, 11) is 1.50. The molecule has 1 spiro atoms. The van der Waals surface area contributed by atoms with Gasteiger partial charge in [-0.25, -0.2) is 9.69 Å². The number of aromatic hydroxyl groups is 1. The molecule has 1 N–H and O–H groups in total. The molecule has 2 saturated heterocycles. The summed E-state index contributed by atoms with van der Waals surface area (Å²) in [5, 5.41) is 9.71. The molecule has 3 amide bonds. The van der Waals surface area contributed by atoms with E-state index in [1.54, 1.807) is 17.0 Å². The number of rotatable bonds is 6. The summed E-state index contributed by atoms with van der Waals surface area (Å²) in [6, 6.07) is 14.0. The highest BCUT2D eigenvalue weighted by atomic mass is 16.6. The minimum atomic E-state index is -0.735. The summed E-state index contributed by atoms with van der Waals surface area (Å²) in [6.45, 7) is 0.663. The van der Waals surface area contributed by atoms with Gasteiger partial charge in [0.2, 0.25) is 11.8 Å². The number of likely N-dealkylation sites (tertiary alicyclic amines) is 1. The van der Waals surface area contributed by atoms with Gasteiger partial charge in [-0.15, -0.1) is 0 Å². The normalized spacial score (nSPS) is 23.2. The summed E-state index contributed by atoms with van der Waals surface area (Å²) in [6.07, 6.45) is 1.15. The predicted octanol–water partition coefficient (Wildman–Crippen LogP) is 2.73. The van der Waals surface area contributed by atoms with Crippen LogP contribution in [0.4, 0.5) is 4.79 Å². The van der Waals surface area contributed by atoms with E-state index in [0.717, 1.165) is 11.1 Å². The van der Waals surface area contributed by atoms with Crippen molar-refractivity contribution in [2.45, 2.75) is 31.8 Å². The van der Waals surface area contributed by atoms with Crippen molar-refractivity contribution in [3.63, 3.8) is 0 Å². The van der Waals surface area contributed by atoms with Gasteiger partial charge in [0.1, 0.15) is 18.1 Å². The van der Waals surface area contributed by atoms with Crippen LogP contribution in [0.2, 0.25) is 0 Å². The Hall–Kier alpha value is -3.55. The van der Waals surface area contributed by atoms with Gasteiger partial charge in [-0.2, -0.15) is 0 Å². The molecule has 3 aliphatic rings. The Bertz CT molecular complexity index is 1100. The van der Waals surface area contributed by atoms with E-state index < -0.39 is 17.4 Å². The largest absolute Gasteiger partial charge is 0.508 e. The molecular formula is C25H26N2O6. The Morgan fingerprint density at radius 2 is 1.94 bits per heavy atom. The van der Waals surface area contributed by atoms with Crippen molar-refractivity contribution >= 4 is 17.9 Å². The van der Waals surface area contributed by atoms with E-state index in [-0.39, 0.29) is 43.3 Å². The third kappa shape index (κ3) is 3.69. The molecular weight excluding hydrogens is 424 g/mol. The van der Waals surface area contributed by atoms with Crippen molar-refractivity contribution in [2.75, 3.05) is 20.3 Å². The standard InChI is InChI=1S/C25H26N2O6/c1-32-21-12-19(28)8-7-17(21)13-26-14-20(25(9-10-25)23(26)30)22(29)27-18(15-33-24(27)31)11-16-5-3-2-4-6-16/h2-8,12,18,20,28H,9-11,13-15H2,1H3/t18-,20?/m1/s1. The van der Waals surface area contributed by atoms with Gasteiger partial charge in [0.05, 0.1) is 24.5 Å². The zero-order chi connectivity index (χ0) is 23.2. The number of phenols is 1. The van der Waals surface area contributed by atoms with Gasteiger partial charge < -0.3 is 19.5 Å². The number of nitrogens with zero attached hydrogens (tertiary/aromatic N) is 2. The van der Waals surface area contributed by atoms with Crippen LogP contribution in [0, 0.1) is 11.3 Å². The second-order valence-electron chi connectivity index (χ2n) is 9.02. The van der Waals surface area contributed by atoms with Crippen LogP contribution >= 0.6 is 0 Å². The first-order chi connectivity index (χ1) is 15.9. The lowest BCUT2D eigenvalue weighted by Crippen LogP contribution is -2.46. The Morgan fingerprint density at radius 1 is 1.18 bits per heavy atom. The molecule has 0 radical (unpaired) electrons. The lowest BCUT2D eigenvalue weighted by Gasteiger charge is -2.24. The third-order valence-electron chi connectivity index (χ3n) is 7.01. The van der Waals surface area contributed by atoms with Crippen molar-refractivity contribution in [3.05, 3.63) is 59.7 Å². The summed E-state index contributed by atoms with van der Waals surface area (Å²) in [5.74, 6) is -0.426. The number of hydrogen-bond donors (Lipinski definition) is 1. The predicted molar refractivity (Wildman–Crippen MR) is 117 cm³/mol. The molecule has 1 aliphatic carbocycles. The number of methoxy groups -OCH3 is 1. The lowest BCUT2D eigenvalue weighted by atomic mass is 9.90. The highest BCUT2D eigenvalue weighted by molar-refractivity contribution is 6.01. The molecule has 2 aromatic carbocycles. The van der Waals surface area contributed by atoms with E-state index in [1.807, 2.05) is 30.3 Å². The first kappa shape index (κ1) is 21.3. The molecule has 2 atom stereocenters. The average molecular weight is 450 g/mol. The number of carbonyl (C=O) groups excluding carboxylic acids is 3. The quantitative estimate of drug-likeness (QED) is 0.727. The van der Waals surface area contributed by atoms with Gasteiger partial charge in [-0.3, -0.25) is 9.59 Å². The number of carbonyl (C=O) groups is 3. The van der Waals surface area contributed by atoms with Crippen molar-refractivity contribution in [3.8, 4) is 11.5 Å². The topological polar surface area (TPSA) is 96.4 Å². The van der Waals surface area contributed by atoms with Crippen molar-refractivity contribution in [1.82, 2.24) is 9.80 Å². The number of amides is 3. The van der Waals surface area contributed by atoms with E-state index in [4.69, 9.17) is 9.47 Å². The highest BCUT2D eigenvalue weighted by Crippen LogP contribution is 2.58. The molecule has 8 heteroatoms. The Balaban J connectivity index is 1.36. The molecule has 0 bridgehead atoms. The van der Waals surface area contributed by atoms with Crippen LogP contribution in [0.15, 0.2) is 48.5 Å². The molecule has 172 valence electrons. The molecule has 8 nitrogen and oxygen atoms in total. The summed E-state index contributed by atoms with van der Waals surface area (Å²) in [5.41, 5.74) is 1.03. The molecule has 33 heavy (non-hydrogen) atoms. The molecule has 3 fully saturated rings. The molecule has 0 aromatic heterocycles. The van der Waals surface area contributed by atoms with E-state index in [0.29, 0.717) is 25.0 Å². The maximum absolute atomic E-state index is 13.6. The minimum Gasteiger partial charge on any atom is -0.508 e. The van der Waals surface area contributed by atoms with Crippen LogP contribution < -0.4 is 4.74 Å². The molecule has 2 aromatic rings. The van der Waals surface area contributed by atoms with Crippen molar-refractivity contribution in [2.24, 2.45) is 11.3 Å². The van der Waals surface area contributed by atoms with E-state index in [2.05, 4.69) is 0 Å². The number of ether oxygens (including phenoxy) is 2. The van der Waals surface area contributed by atoms with E-state index >= 15 is 0 Å². The number of cyclic esters (lactones) is 1. The smallest absolute Gasteiger partial charge is 0.416 e. The average Bonchev–Trinajstić information content (AvgIpc) is 3.48. The SMILES string of the molecule is COc1cc(O)ccc1CN1CC(C(=O)N2C(=O)OC[C@H]2Cc2ccccc2)C2(CC2)C1=O. The number of phenolic OH excluding ortho intramolecular Hbond substituents is 1. The molecule has 1 saturated carbocycles. The van der Waals surface area contributed by atoms with Crippen LogP contribution in [0.5, 0.6) is 11.5 Å². The van der Waals surface area contributed by atoms with Gasteiger partial charge >= 0.3 is 6.09 Å². The Morgan fingerprint density at radius 3 is 2.64 bits per heavy atom. The van der Waals surface area contributed by atoms with Gasteiger partial charge in [0, 0.05) is 24.7 Å². The van der Waals surface area contributed by atoms with Crippen LogP contribution in [0.3, 0.4) is 0 Å². The van der Waals surface area contributed by atoms with Crippen LogP contribution in [0.1, 0.15) is 24.0 Å². The number of hydrogen-bond acceptors (Lipinski definition) is 6. The van der Waals surface area contributed by atoms with Gasteiger partial charge in [-0.05, 0) is 37.0 Å². The fourth-order valence-electron chi connectivity index (χ4n) is 5.09. The monoisotopic (exact) mass is 450 g/mol. The first-order valence-corrected chi connectivity index (χ1v) is 11.1. The van der Waals surface area contributed by atoms with Crippen molar-refractivity contribution < 1.29 is 29.0 Å². The zero-order valence-corrected chi connectivity index (χ0v) is 18.4. The van der Waals surface area contributed by atoms with E-state index in [1.165, 1.54) is 18.1 Å². The number of imide groups is 1. The fourth-order valence-corrected chi connectivity index (χ4v) is 5.09. The lowest BCUT2D eigenvalue weighted by molar-refractivity contribution is -0.138. The second kappa shape index (κ2) is 8.10. The molecule has 1 unspecified atom stereocenters. The molecule has 2 heterocycles. The highest BCUT2D eigenvalue weighted by Gasteiger charge is 2.65. The maximum Gasteiger partial charge on any atom is 0.416 e. The Labute approximate surface area is 191 Å². The zero-order valence-electron chi connectivity index (χ0n) is 18.4. The van der Waals surface area contributed by atoms with Crippen molar-refractivity contribution in [1.29, 1.82) is 0 Å². The van der Waals surface area contributed by atoms with Crippen LogP contribution in [-0.2, 0) is 27.3 Å². The molecule has 5 rings (SSSR count). The second-order valence-corrected chi connectivity index (χ2v) is 9.02. The minimum absolute atomic E-state index is 0.0665. The Kier molecular flexibility index (Phi) is 5.23. The number of benzene rings is 2. The van der Waals surface area contributed by atoms with Gasteiger partial charge in [0.15, 0.2) is 0 Å². The fraction of sp³-hybridized carbons (Fsp3) is 0.400. The maximum atomic E-state index is 13.6. The summed E-state index contributed by atoms with van der Waals surface area (Å²) < 4.78 is 10.6. The summed E-state index contributed by atoms with van der Waals surface area (Å²) >= 11 is 0. The molecule has 2 aliphatic heterocycles. The van der Waals surface area contributed by atoms with Crippen LogP contribution in [0.25, 0.3) is 0 Å². The van der Waals surface area contributed by atoms with Gasteiger partial charge in [0.25, 0.3) is 0 Å². The van der Waals surface area contributed by atoms with Crippen LogP contribution in [-0.4, -0.2) is 59.1 Å². The summed E-state index contributed by atoms with van der Waals surface area (Å²) in [4.78, 5) is 42.3.